The Morgan fingerprint density at radius 3 is 2.24 bits per heavy atom. The van der Waals surface area contributed by atoms with Crippen molar-refractivity contribution in [3.05, 3.63) is 85.6 Å². The summed E-state index contributed by atoms with van der Waals surface area (Å²) in [5.74, 6) is -3.67. The number of hydrogen-bond donors (Lipinski definition) is 0. The van der Waals surface area contributed by atoms with Crippen LogP contribution in [0.4, 0.5) is 17.6 Å². The molecule has 272 valence electrons. The predicted octanol–water partition coefficient (Wildman–Crippen LogP) is 8.22. The summed E-state index contributed by atoms with van der Waals surface area (Å²) in [6.07, 6.45) is -3.74. The van der Waals surface area contributed by atoms with Crippen LogP contribution in [0, 0.1) is 39.4 Å². The number of rotatable bonds is 15. The smallest absolute Gasteiger partial charge is 0.419 e. The number of nitrogens with zero attached hydrogens (tertiary/aromatic N) is 3. The summed E-state index contributed by atoms with van der Waals surface area (Å²) in [4.78, 5) is 42.8. The maximum Gasteiger partial charge on any atom is 0.419 e. The van der Waals surface area contributed by atoms with Gasteiger partial charge in [-0.2, -0.15) is 18.3 Å². The van der Waals surface area contributed by atoms with Gasteiger partial charge >= 0.3 is 12.1 Å². The van der Waals surface area contributed by atoms with Crippen LogP contribution < -0.4 is 5.56 Å². The normalized spacial score (nSPS) is 14.8. The van der Waals surface area contributed by atoms with Crippen LogP contribution in [0.25, 0.3) is 11.1 Å². The average molecular weight is 700 g/mol. The van der Waals surface area contributed by atoms with Gasteiger partial charge < -0.3 is 9.64 Å². The Morgan fingerprint density at radius 2 is 1.68 bits per heavy atom. The molecule has 0 radical (unpaired) electrons. The minimum Gasteiger partial charge on any atom is -0.466 e. The number of halogens is 4. The largest absolute Gasteiger partial charge is 0.466 e. The lowest BCUT2D eigenvalue weighted by Crippen LogP contribution is -2.39. The van der Waals surface area contributed by atoms with E-state index in [1.807, 2.05) is 20.8 Å². The van der Waals surface area contributed by atoms with Gasteiger partial charge in [0.1, 0.15) is 11.9 Å². The molecule has 2 heterocycles. The maximum atomic E-state index is 16.0. The summed E-state index contributed by atoms with van der Waals surface area (Å²) < 4.78 is 65.4. The van der Waals surface area contributed by atoms with Gasteiger partial charge in [0.05, 0.1) is 24.3 Å². The van der Waals surface area contributed by atoms with Crippen molar-refractivity contribution < 1.29 is 31.9 Å². The van der Waals surface area contributed by atoms with Crippen LogP contribution in [0.15, 0.2) is 35.1 Å². The Morgan fingerprint density at radius 1 is 1.02 bits per heavy atom. The molecule has 1 aliphatic heterocycles. The van der Waals surface area contributed by atoms with Crippen LogP contribution >= 0.6 is 0 Å². The standard InChI is InChI=1S/C39H49F4N3O4/c1-8-50-35(48)22-28(30-20-29(21-31(37(30)40)39(41,42)43)36-24(4)11-9-12-25(36)5)13-14-34(47)33(19-23(2)3)46-38(49)27(7)26(6)32(44-46)15-18-45-16-10-17-45/h9,11-12,20-21,23,28,33H,8,10,13-19,22H2,1-7H3/t28-,33-/m0/s1. The molecule has 3 aromatic rings. The molecule has 0 saturated carbocycles. The fourth-order valence-corrected chi connectivity index (χ4v) is 6.77. The molecule has 1 aliphatic rings. The zero-order chi connectivity index (χ0) is 36.9. The van der Waals surface area contributed by atoms with Gasteiger partial charge in [-0.15, -0.1) is 0 Å². The number of ketones is 1. The molecule has 7 nitrogen and oxygen atoms in total. The number of Topliss-reactive ketones (excluding diaryl/α,β-unsaturated/α-hetero) is 1. The first-order valence-electron chi connectivity index (χ1n) is 17.5. The van der Waals surface area contributed by atoms with Gasteiger partial charge in [-0.25, -0.2) is 9.07 Å². The second-order valence-corrected chi connectivity index (χ2v) is 13.9. The molecule has 50 heavy (non-hydrogen) atoms. The van der Waals surface area contributed by atoms with E-state index < -0.39 is 41.9 Å². The summed E-state index contributed by atoms with van der Waals surface area (Å²) in [6, 6.07) is 6.54. The molecular formula is C39H49F4N3O4. The molecule has 2 atom stereocenters. The first-order chi connectivity index (χ1) is 23.5. The number of esters is 1. The van der Waals surface area contributed by atoms with Crippen molar-refractivity contribution in [2.45, 2.75) is 105 Å². The third kappa shape index (κ3) is 9.08. The Balaban J connectivity index is 1.75. The van der Waals surface area contributed by atoms with E-state index in [1.165, 1.54) is 10.7 Å². The Bertz CT molecular complexity index is 1740. The number of ether oxygens (including phenoxy) is 1. The number of carbonyl (C=O) groups excluding carboxylic acids is 2. The van der Waals surface area contributed by atoms with Crippen LogP contribution in [-0.2, 0) is 26.9 Å². The highest BCUT2D eigenvalue weighted by Gasteiger charge is 2.38. The molecule has 2 aromatic carbocycles. The van der Waals surface area contributed by atoms with Crippen LogP contribution in [0.3, 0.4) is 0 Å². The molecule has 1 fully saturated rings. The van der Waals surface area contributed by atoms with Crippen LogP contribution in [0.2, 0.25) is 0 Å². The van der Waals surface area contributed by atoms with E-state index in [1.54, 1.807) is 45.9 Å². The molecule has 0 aliphatic carbocycles. The number of alkyl halides is 3. The van der Waals surface area contributed by atoms with Gasteiger partial charge in [0, 0.05) is 24.9 Å². The summed E-state index contributed by atoms with van der Waals surface area (Å²) >= 11 is 0. The van der Waals surface area contributed by atoms with Crippen molar-refractivity contribution >= 4 is 11.8 Å². The zero-order valence-corrected chi connectivity index (χ0v) is 30.2. The third-order valence-corrected chi connectivity index (χ3v) is 9.80. The molecule has 11 heteroatoms. The van der Waals surface area contributed by atoms with Crippen molar-refractivity contribution in [1.29, 1.82) is 0 Å². The van der Waals surface area contributed by atoms with Crippen molar-refractivity contribution in [3.63, 3.8) is 0 Å². The van der Waals surface area contributed by atoms with Gasteiger partial charge in [-0.05, 0) is 124 Å². The van der Waals surface area contributed by atoms with E-state index in [-0.39, 0.29) is 47.8 Å². The molecule has 0 amide bonds. The van der Waals surface area contributed by atoms with E-state index in [0.29, 0.717) is 35.1 Å². The Labute approximate surface area is 292 Å². The Hall–Kier alpha value is -3.86. The molecule has 0 spiro atoms. The molecular weight excluding hydrogens is 650 g/mol. The van der Waals surface area contributed by atoms with Gasteiger partial charge in [0.2, 0.25) is 0 Å². The molecule has 0 bridgehead atoms. The number of aromatic nitrogens is 2. The number of carbonyl (C=O) groups is 2. The van der Waals surface area contributed by atoms with E-state index in [0.717, 1.165) is 43.4 Å². The zero-order valence-electron chi connectivity index (χ0n) is 30.2. The number of hydrogen-bond acceptors (Lipinski definition) is 6. The van der Waals surface area contributed by atoms with Crippen LogP contribution in [-0.4, -0.2) is 52.7 Å². The predicted molar refractivity (Wildman–Crippen MR) is 186 cm³/mol. The molecule has 0 N–H and O–H groups in total. The van der Waals surface area contributed by atoms with Crippen molar-refractivity contribution in [3.8, 4) is 11.1 Å². The first-order valence-corrected chi connectivity index (χ1v) is 17.5. The lowest BCUT2D eigenvalue weighted by Gasteiger charge is -2.30. The molecule has 1 aromatic heterocycles. The average Bonchev–Trinajstić information content (AvgIpc) is 3.01. The van der Waals surface area contributed by atoms with E-state index in [2.05, 4.69) is 4.90 Å². The highest BCUT2D eigenvalue weighted by molar-refractivity contribution is 5.83. The maximum absolute atomic E-state index is 16.0. The summed E-state index contributed by atoms with van der Waals surface area (Å²) in [6.45, 7) is 15.4. The monoisotopic (exact) mass is 699 g/mol. The minimum atomic E-state index is -5.01. The fourth-order valence-electron chi connectivity index (χ4n) is 6.77. The van der Waals surface area contributed by atoms with Gasteiger partial charge in [-0.1, -0.05) is 32.0 Å². The summed E-state index contributed by atoms with van der Waals surface area (Å²) in [7, 11) is 0. The van der Waals surface area contributed by atoms with Crippen molar-refractivity contribution in [1.82, 2.24) is 14.7 Å². The molecule has 1 saturated heterocycles. The topological polar surface area (TPSA) is 81.5 Å². The van der Waals surface area contributed by atoms with Crippen molar-refractivity contribution in [2.75, 3.05) is 26.2 Å². The van der Waals surface area contributed by atoms with E-state index in [9.17, 15) is 27.6 Å². The first kappa shape index (κ1) is 38.9. The summed E-state index contributed by atoms with van der Waals surface area (Å²) in [5.41, 5.74) is 2.02. The van der Waals surface area contributed by atoms with Crippen molar-refractivity contribution in [2.24, 2.45) is 5.92 Å². The highest BCUT2D eigenvalue weighted by Crippen LogP contribution is 2.41. The third-order valence-electron chi connectivity index (χ3n) is 9.80. The SMILES string of the molecule is CCOC(=O)C[C@H](CCC(=O)[C@H](CC(C)C)n1nc(CCN2CCC2)c(C)c(C)c1=O)c1cc(-c2c(C)cccc2C)cc(C(F)(F)F)c1F. The summed E-state index contributed by atoms with van der Waals surface area (Å²) in [5, 5.41) is 4.71. The van der Waals surface area contributed by atoms with E-state index >= 15 is 4.39 Å². The minimum absolute atomic E-state index is 0.0000490. The molecule has 0 unspecified atom stereocenters. The Kier molecular flexibility index (Phi) is 12.8. The van der Waals surface area contributed by atoms with E-state index in [4.69, 9.17) is 9.84 Å². The quantitative estimate of drug-likeness (QED) is 0.118. The van der Waals surface area contributed by atoms with Crippen LogP contribution in [0.1, 0.15) is 104 Å². The van der Waals surface area contributed by atoms with Gasteiger partial charge in [0.25, 0.3) is 5.56 Å². The second kappa shape index (κ2) is 16.4. The molecule has 4 rings (SSSR count). The van der Waals surface area contributed by atoms with Gasteiger partial charge in [-0.3, -0.25) is 14.4 Å². The lowest BCUT2D eigenvalue weighted by atomic mass is 9.84. The number of aryl methyl sites for hydroxylation is 2. The fraction of sp³-hybridized carbons (Fsp3) is 0.538. The number of likely N-dealkylation sites (tertiary alicyclic amines) is 1. The lowest BCUT2D eigenvalue weighted by molar-refractivity contribution is -0.143. The van der Waals surface area contributed by atoms with Gasteiger partial charge in [0.15, 0.2) is 5.78 Å². The number of benzene rings is 2. The highest BCUT2D eigenvalue weighted by atomic mass is 19.4. The second-order valence-electron chi connectivity index (χ2n) is 13.9. The van der Waals surface area contributed by atoms with Crippen LogP contribution in [0.5, 0.6) is 0 Å².